The highest BCUT2D eigenvalue weighted by Crippen LogP contribution is 2.16. The highest BCUT2D eigenvalue weighted by atomic mass is 79.9. The fourth-order valence-corrected chi connectivity index (χ4v) is 1.41. The first-order valence-electron chi connectivity index (χ1n) is 4.72. The van der Waals surface area contributed by atoms with Crippen molar-refractivity contribution in [3.63, 3.8) is 0 Å². The van der Waals surface area contributed by atoms with Crippen LogP contribution in [0.3, 0.4) is 0 Å². The molecule has 17 heavy (non-hydrogen) atoms. The third kappa shape index (κ3) is 5.28. The Labute approximate surface area is 107 Å². The van der Waals surface area contributed by atoms with Gasteiger partial charge < -0.3 is 5.73 Å². The summed E-state index contributed by atoms with van der Waals surface area (Å²) in [7, 11) is 0. The Morgan fingerprint density at radius 2 is 2.12 bits per heavy atom. The second-order valence-electron chi connectivity index (χ2n) is 3.08. The highest BCUT2D eigenvalue weighted by Gasteiger charge is 1.98. The van der Waals surface area contributed by atoms with Gasteiger partial charge in [0.15, 0.2) is 6.61 Å². The summed E-state index contributed by atoms with van der Waals surface area (Å²) in [5.74, 6) is -1.12. The predicted octanol–water partition coefficient (Wildman–Crippen LogP) is 0.995. The van der Waals surface area contributed by atoms with Crippen LogP contribution in [0.25, 0.3) is 6.08 Å². The molecule has 0 atom stereocenters. The molecule has 0 fully saturated rings. The minimum atomic E-state index is -0.653. The zero-order valence-electron chi connectivity index (χ0n) is 8.85. The summed E-state index contributed by atoms with van der Waals surface area (Å²) in [5.41, 5.74) is 7.74. The molecule has 0 heterocycles. The number of carbonyl (C=O) groups is 2. The van der Waals surface area contributed by atoms with Crippen molar-refractivity contribution >= 4 is 33.8 Å². The van der Waals surface area contributed by atoms with Crippen molar-refractivity contribution in [1.29, 1.82) is 0 Å². The Bertz CT molecular complexity index is 446. The predicted molar refractivity (Wildman–Crippen MR) is 66.5 cm³/mol. The van der Waals surface area contributed by atoms with E-state index in [1.54, 1.807) is 6.08 Å². The van der Waals surface area contributed by atoms with Gasteiger partial charge >= 0.3 is 0 Å². The second kappa shape index (κ2) is 6.82. The third-order valence-corrected chi connectivity index (χ3v) is 2.43. The molecule has 1 aromatic carbocycles. The Morgan fingerprint density at radius 1 is 1.41 bits per heavy atom. The number of nitrogens with two attached hydrogens (primary N) is 1. The third-order valence-electron chi connectivity index (χ3n) is 1.71. The average Bonchev–Trinajstić information content (AvgIpc) is 2.27. The summed E-state index contributed by atoms with van der Waals surface area (Å²) in [5, 5.41) is 0. The summed E-state index contributed by atoms with van der Waals surface area (Å²) in [4.78, 5) is 26.1. The van der Waals surface area contributed by atoms with E-state index in [9.17, 15) is 9.59 Å². The molecule has 1 aromatic rings. The quantitative estimate of drug-likeness (QED) is 0.628. The summed E-state index contributed by atoms with van der Waals surface area (Å²) in [6.07, 6.45) is 2.91. The van der Waals surface area contributed by atoms with Gasteiger partial charge in [-0.1, -0.05) is 34.1 Å². The molecular formula is C11H11BrN2O3. The van der Waals surface area contributed by atoms with Gasteiger partial charge in [0.2, 0.25) is 5.91 Å². The van der Waals surface area contributed by atoms with Gasteiger partial charge in [0.05, 0.1) is 0 Å². The van der Waals surface area contributed by atoms with E-state index in [4.69, 9.17) is 5.73 Å². The van der Waals surface area contributed by atoms with Crippen LogP contribution in [0.15, 0.2) is 34.8 Å². The lowest BCUT2D eigenvalue weighted by Gasteiger charge is -2.00. The van der Waals surface area contributed by atoms with Gasteiger partial charge in [0.1, 0.15) is 0 Å². The van der Waals surface area contributed by atoms with Crippen molar-refractivity contribution in [2.45, 2.75) is 0 Å². The molecule has 0 aliphatic carbocycles. The van der Waals surface area contributed by atoms with E-state index in [-0.39, 0.29) is 6.61 Å². The molecule has 0 bridgehead atoms. The van der Waals surface area contributed by atoms with Crippen LogP contribution in [0.1, 0.15) is 5.56 Å². The van der Waals surface area contributed by atoms with Crippen LogP contribution in [0.5, 0.6) is 0 Å². The van der Waals surface area contributed by atoms with Gasteiger partial charge in [-0.3, -0.25) is 14.4 Å². The zero-order valence-corrected chi connectivity index (χ0v) is 10.4. The zero-order chi connectivity index (χ0) is 12.7. The molecule has 1 rings (SSSR count). The minimum Gasteiger partial charge on any atom is -0.368 e. The van der Waals surface area contributed by atoms with Crippen LogP contribution in [0.4, 0.5) is 0 Å². The van der Waals surface area contributed by atoms with Crippen molar-refractivity contribution in [2.75, 3.05) is 6.61 Å². The van der Waals surface area contributed by atoms with E-state index >= 15 is 0 Å². The first kappa shape index (κ1) is 13.4. The van der Waals surface area contributed by atoms with Gasteiger partial charge in [-0.25, -0.2) is 5.48 Å². The lowest BCUT2D eigenvalue weighted by Crippen LogP contribution is -2.28. The molecular weight excluding hydrogens is 288 g/mol. The van der Waals surface area contributed by atoms with Crippen molar-refractivity contribution in [3.8, 4) is 0 Å². The number of hydroxylamine groups is 1. The largest absolute Gasteiger partial charge is 0.368 e. The number of amides is 2. The molecule has 0 saturated heterocycles. The van der Waals surface area contributed by atoms with Crippen molar-refractivity contribution in [2.24, 2.45) is 5.73 Å². The fourth-order valence-electron chi connectivity index (χ4n) is 0.988. The topological polar surface area (TPSA) is 81.4 Å². The Kier molecular flexibility index (Phi) is 5.38. The molecule has 2 amide bonds. The van der Waals surface area contributed by atoms with Crippen LogP contribution in [-0.2, 0) is 14.4 Å². The number of primary amides is 1. The fraction of sp³-hybridized carbons (Fsp3) is 0.0909. The molecule has 0 aromatic heterocycles. The molecule has 0 spiro atoms. The van der Waals surface area contributed by atoms with E-state index < -0.39 is 11.8 Å². The number of hydrogen-bond acceptors (Lipinski definition) is 3. The van der Waals surface area contributed by atoms with E-state index in [1.165, 1.54) is 6.08 Å². The second-order valence-corrected chi connectivity index (χ2v) is 3.93. The van der Waals surface area contributed by atoms with Crippen LogP contribution in [-0.4, -0.2) is 18.4 Å². The summed E-state index contributed by atoms with van der Waals surface area (Å²) < 4.78 is 0.877. The summed E-state index contributed by atoms with van der Waals surface area (Å²) in [6, 6.07) is 7.43. The first-order chi connectivity index (χ1) is 8.09. The first-order valence-corrected chi connectivity index (χ1v) is 5.51. The SMILES string of the molecule is NC(=O)CONC(=O)/C=C/c1ccccc1Br. The minimum absolute atomic E-state index is 0.353. The lowest BCUT2D eigenvalue weighted by atomic mass is 10.2. The van der Waals surface area contributed by atoms with Crippen LogP contribution in [0, 0.1) is 0 Å². The van der Waals surface area contributed by atoms with E-state index in [2.05, 4.69) is 26.2 Å². The Morgan fingerprint density at radius 3 is 2.76 bits per heavy atom. The maximum atomic E-state index is 11.2. The van der Waals surface area contributed by atoms with Crippen LogP contribution < -0.4 is 11.2 Å². The average molecular weight is 299 g/mol. The highest BCUT2D eigenvalue weighted by molar-refractivity contribution is 9.10. The number of halogens is 1. The monoisotopic (exact) mass is 298 g/mol. The molecule has 0 unspecified atom stereocenters. The molecule has 90 valence electrons. The molecule has 0 saturated carbocycles. The number of nitrogens with one attached hydrogen (secondary N) is 1. The standard InChI is InChI=1S/C11H11BrN2O3/c12-9-4-2-1-3-8(9)5-6-11(16)14-17-7-10(13)15/h1-6H,7H2,(H2,13,15)(H,14,16)/b6-5+. The van der Waals surface area contributed by atoms with Crippen molar-refractivity contribution in [3.05, 3.63) is 40.4 Å². The summed E-state index contributed by atoms with van der Waals surface area (Å²) >= 11 is 3.34. The van der Waals surface area contributed by atoms with E-state index in [1.807, 2.05) is 24.3 Å². The van der Waals surface area contributed by atoms with Gasteiger partial charge in [-0.2, -0.15) is 0 Å². The van der Waals surface area contributed by atoms with E-state index in [0.29, 0.717) is 0 Å². The molecule has 5 nitrogen and oxygen atoms in total. The molecule has 6 heteroatoms. The van der Waals surface area contributed by atoms with E-state index in [0.717, 1.165) is 10.0 Å². The van der Waals surface area contributed by atoms with Gasteiger partial charge in [0, 0.05) is 10.5 Å². The van der Waals surface area contributed by atoms with Crippen molar-refractivity contribution in [1.82, 2.24) is 5.48 Å². The smallest absolute Gasteiger partial charge is 0.267 e. The molecule has 0 aliphatic heterocycles. The lowest BCUT2D eigenvalue weighted by molar-refractivity contribution is -0.134. The Balaban J connectivity index is 2.46. The Hall–Kier alpha value is -1.66. The normalized spacial score (nSPS) is 10.4. The van der Waals surface area contributed by atoms with Gasteiger partial charge in [0.25, 0.3) is 5.91 Å². The van der Waals surface area contributed by atoms with Crippen LogP contribution in [0.2, 0.25) is 0 Å². The molecule has 0 aliphatic rings. The van der Waals surface area contributed by atoms with Gasteiger partial charge in [-0.15, -0.1) is 0 Å². The number of hydrogen-bond donors (Lipinski definition) is 2. The van der Waals surface area contributed by atoms with Crippen LogP contribution >= 0.6 is 15.9 Å². The number of carbonyl (C=O) groups excluding carboxylic acids is 2. The van der Waals surface area contributed by atoms with Crippen molar-refractivity contribution < 1.29 is 14.4 Å². The number of benzene rings is 1. The molecule has 3 N–H and O–H groups in total. The maximum absolute atomic E-state index is 11.2. The molecule has 0 radical (unpaired) electrons. The summed E-state index contributed by atoms with van der Waals surface area (Å²) in [6.45, 7) is -0.353. The number of rotatable bonds is 5. The maximum Gasteiger partial charge on any atom is 0.267 e. The van der Waals surface area contributed by atoms with Gasteiger partial charge in [-0.05, 0) is 17.7 Å².